The minimum atomic E-state index is 0.252. The molecule has 1 aliphatic rings. The van der Waals surface area contributed by atoms with Gasteiger partial charge in [0.15, 0.2) is 0 Å². The van der Waals surface area contributed by atoms with E-state index in [4.69, 9.17) is 0 Å². The number of carbonyl (C=O) groups is 1. The summed E-state index contributed by atoms with van der Waals surface area (Å²) in [5.74, 6) is 0.252. The van der Waals surface area contributed by atoms with Crippen LogP contribution in [0.4, 0.5) is 0 Å². The highest BCUT2D eigenvalue weighted by Crippen LogP contribution is 2.11. The van der Waals surface area contributed by atoms with Crippen molar-refractivity contribution in [2.75, 3.05) is 13.6 Å². The van der Waals surface area contributed by atoms with Gasteiger partial charge in [-0.25, -0.2) is 4.98 Å². The van der Waals surface area contributed by atoms with Crippen molar-refractivity contribution < 1.29 is 4.79 Å². The third-order valence-corrected chi connectivity index (χ3v) is 3.69. The molecule has 0 aliphatic carbocycles. The Bertz CT molecular complexity index is 377. The van der Waals surface area contributed by atoms with Gasteiger partial charge < -0.3 is 10.2 Å². The van der Waals surface area contributed by atoms with Crippen molar-refractivity contribution in [3.8, 4) is 0 Å². The molecule has 1 saturated heterocycles. The molecule has 1 fully saturated rings. The molecule has 2 rings (SSSR count). The number of likely N-dealkylation sites (tertiary alicyclic amines) is 1. The summed E-state index contributed by atoms with van der Waals surface area (Å²) in [4.78, 5) is 17.5. The normalized spacial score (nSPS) is 21.5. The first kappa shape index (κ1) is 11.5. The van der Waals surface area contributed by atoms with Crippen LogP contribution in [-0.2, 0) is 11.3 Å². The Labute approximate surface area is 99.7 Å². The van der Waals surface area contributed by atoms with E-state index in [0.29, 0.717) is 12.5 Å². The predicted octanol–water partition coefficient (Wildman–Crippen LogP) is 1.16. The Morgan fingerprint density at radius 1 is 1.69 bits per heavy atom. The highest BCUT2D eigenvalue weighted by Gasteiger charge is 2.22. The zero-order valence-electron chi connectivity index (χ0n) is 9.69. The monoisotopic (exact) mass is 239 g/mol. The van der Waals surface area contributed by atoms with Crippen LogP contribution in [0.25, 0.3) is 0 Å². The number of amides is 1. The molecule has 1 aliphatic heterocycles. The molecule has 5 heteroatoms. The van der Waals surface area contributed by atoms with Crippen LogP contribution in [0.15, 0.2) is 5.38 Å². The third-order valence-electron chi connectivity index (χ3n) is 2.87. The van der Waals surface area contributed by atoms with Crippen molar-refractivity contribution in [3.63, 3.8) is 0 Å². The van der Waals surface area contributed by atoms with Crippen LogP contribution in [0.1, 0.15) is 23.5 Å². The second-order valence-corrected chi connectivity index (χ2v) is 5.31. The van der Waals surface area contributed by atoms with Crippen LogP contribution in [0.3, 0.4) is 0 Å². The average Bonchev–Trinajstić information content (AvgIpc) is 2.66. The number of aryl methyl sites for hydroxylation is 1. The lowest BCUT2D eigenvalue weighted by Crippen LogP contribution is -2.46. The minimum absolute atomic E-state index is 0.252. The fourth-order valence-corrected chi connectivity index (χ4v) is 2.53. The molecule has 0 saturated carbocycles. The van der Waals surface area contributed by atoms with Gasteiger partial charge >= 0.3 is 0 Å². The molecule has 1 N–H and O–H groups in total. The molecule has 4 nitrogen and oxygen atoms in total. The molecular formula is C11H17N3OS. The van der Waals surface area contributed by atoms with Crippen molar-refractivity contribution >= 4 is 17.2 Å². The van der Waals surface area contributed by atoms with Gasteiger partial charge in [0.2, 0.25) is 5.91 Å². The summed E-state index contributed by atoms with van der Waals surface area (Å²) in [6, 6.07) is 0.407. The van der Waals surface area contributed by atoms with Gasteiger partial charge in [-0.15, -0.1) is 11.3 Å². The zero-order chi connectivity index (χ0) is 11.5. The van der Waals surface area contributed by atoms with Crippen molar-refractivity contribution in [2.24, 2.45) is 0 Å². The van der Waals surface area contributed by atoms with Crippen LogP contribution in [0.5, 0.6) is 0 Å². The van der Waals surface area contributed by atoms with E-state index in [2.05, 4.69) is 15.7 Å². The molecule has 0 spiro atoms. The van der Waals surface area contributed by atoms with Crippen LogP contribution >= 0.6 is 11.3 Å². The SMILES string of the molecule is Cc1nc(CNC2CCC(=O)N(C)C2)cs1. The molecular weight excluding hydrogens is 222 g/mol. The molecule has 0 aromatic carbocycles. The van der Waals surface area contributed by atoms with E-state index in [0.717, 1.165) is 30.2 Å². The van der Waals surface area contributed by atoms with Crippen LogP contribution in [0, 0.1) is 6.92 Å². The zero-order valence-corrected chi connectivity index (χ0v) is 10.5. The molecule has 0 bridgehead atoms. The van der Waals surface area contributed by atoms with Gasteiger partial charge in [-0.1, -0.05) is 0 Å². The summed E-state index contributed by atoms with van der Waals surface area (Å²) in [5, 5.41) is 6.64. The number of thiazole rings is 1. The number of hydrogen-bond donors (Lipinski definition) is 1. The molecule has 1 unspecified atom stereocenters. The summed E-state index contributed by atoms with van der Waals surface area (Å²) < 4.78 is 0. The van der Waals surface area contributed by atoms with E-state index in [1.165, 1.54) is 0 Å². The Morgan fingerprint density at radius 2 is 2.50 bits per heavy atom. The molecule has 1 aromatic rings. The van der Waals surface area contributed by atoms with Crippen molar-refractivity contribution in [3.05, 3.63) is 16.1 Å². The molecule has 2 heterocycles. The summed E-state index contributed by atoms with van der Waals surface area (Å²) in [6.45, 7) is 3.63. The standard InChI is InChI=1S/C11H17N3OS/c1-8-13-10(7-16-8)5-12-9-3-4-11(15)14(2)6-9/h7,9,12H,3-6H2,1-2H3. The first-order valence-corrected chi connectivity index (χ1v) is 6.41. The third kappa shape index (κ3) is 2.80. The number of rotatable bonds is 3. The molecule has 1 atom stereocenters. The Kier molecular flexibility index (Phi) is 3.56. The fraction of sp³-hybridized carbons (Fsp3) is 0.636. The van der Waals surface area contributed by atoms with Crippen molar-refractivity contribution in [1.29, 1.82) is 0 Å². The Balaban J connectivity index is 1.80. The minimum Gasteiger partial charge on any atom is -0.344 e. The molecule has 88 valence electrons. The van der Waals surface area contributed by atoms with E-state index >= 15 is 0 Å². The summed E-state index contributed by atoms with van der Waals surface area (Å²) in [6.07, 6.45) is 1.59. The quantitative estimate of drug-likeness (QED) is 0.861. The number of hydrogen-bond acceptors (Lipinski definition) is 4. The van der Waals surface area contributed by atoms with Crippen molar-refractivity contribution in [1.82, 2.24) is 15.2 Å². The lowest BCUT2D eigenvalue weighted by atomic mass is 10.1. The van der Waals surface area contributed by atoms with Gasteiger partial charge in [0.05, 0.1) is 10.7 Å². The van der Waals surface area contributed by atoms with Crippen LogP contribution in [-0.4, -0.2) is 35.4 Å². The summed E-state index contributed by atoms with van der Waals surface area (Å²) >= 11 is 1.68. The summed E-state index contributed by atoms with van der Waals surface area (Å²) in [5.41, 5.74) is 1.10. The van der Waals surface area contributed by atoms with Gasteiger partial charge in [-0.2, -0.15) is 0 Å². The highest BCUT2D eigenvalue weighted by atomic mass is 32.1. The smallest absolute Gasteiger partial charge is 0.222 e. The van der Waals surface area contributed by atoms with Gasteiger partial charge in [-0.3, -0.25) is 4.79 Å². The maximum Gasteiger partial charge on any atom is 0.222 e. The first-order chi connectivity index (χ1) is 7.65. The number of nitrogens with one attached hydrogen (secondary N) is 1. The summed E-state index contributed by atoms with van der Waals surface area (Å²) in [7, 11) is 1.86. The van der Waals surface area contributed by atoms with E-state index in [1.54, 1.807) is 16.2 Å². The van der Waals surface area contributed by atoms with Crippen molar-refractivity contribution in [2.45, 2.75) is 32.4 Å². The fourth-order valence-electron chi connectivity index (χ4n) is 1.92. The van der Waals surface area contributed by atoms with Gasteiger partial charge in [0.1, 0.15) is 0 Å². The highest BCUT2D eigenvalue weighted by molar-refractivity contribution is 7.09. The number of nitrogens with zero attached hydrogens (tertiary/aromatic N) is 2. The Hall–Kier alpha value is -0.940. The van der Waals surface area contributed by atoms with E-state index in [9.17, 15) is 4.79 Å². The molecule has 0 radical (unpaired) electrons. The number of piperidine rings is 1. The predicted molar refractivity (Wildman–Crippen MR) is 64.3 cm³/mol. The molecule has 16 heavy (non-hydrogen) atoms. The maximum absolute atomic E-state index is 11.3. The lowest BCUT2D eigenvalue weighted by Gasteiger charge is -2.30. The molecule has 1 aromatic heterocycles. The van der Waals surface area contributed by atoms with Crippen LogP contribution < -0.4 is 5.32 Å². The van der Waals surface area contributed by atoms with Gasteiger partial charge in [0.25, 0.3) is 0 Å². The maximum atomic E-state index is 11.3. The second kappa shape index (κ2) is 4.93. The first-order valence-electron chi connectivity index (χ1n) is 5.53. The van der Waals surface area contributed by atoms with E-state index in [1.807, 2.05) is 14.0 Å². The van der Waals surface area contributed by atoms with E-state index in [-0.39, 0.29) is 5.91 Å². The largest absolute Gasteiger partial charge is 0.344 e. The van der Waals surface area contributed by atoms with Crippen LogP contribution in [0.2, 0.25) is 0 Å². The van der Waals surface area contributed by atoms with Gasteiger partial charge in [-0.05, 0) is 13.3 Å². The van der Waals surface area contributed by atoms with Gasteiger partial charge in [0, 0.05) is 38.0 Å². The number of likely N-dealkylation sites (N-methyl/N-ethyl adjacent to an activating group) is 1. The second-order valence-electron chi connectivity index (χ2n) is 4.25. The van der Waals surface area contributed by atoms with E-state index < -0.39 is 0 Å². The number of aromatic nitrogens is 1. The molecule has 1 amide bonds. The average molecular weight is 239 g/mol. The lowest BCUT2D eigenvalue weighted by molar-refractivity contribution is -0.132. The number of carbonyl (C=O) groups excluding carboxylic acids is 1. The Morgan fingerprint density at radius 3 is 3.12 bits per heavy atom. The topological polar surface area (TPSA) is 45.2 Å².